The minimum Gasteiger partial charge on any atom is -0.507 e. The van der Waals surface area contributed by atoms with Gasteiger partial charge in [0, 0.05) is 92.6 Å². The molecule has 7 rings (SSSR count). The molecule has 342 valence electrons. The van der Waals surface area contributed by atoms with E-state index in [-0.39, 0.29) is 67.9 Å². The number of esters is 1. The number of piperidine rings is 1. The Morgan fingerprint density at radius 1 is 0.984 bits per heavy atom. The maximum Gasteiger partial charge on any atom is 0.312 e. The van der Waals surface area contributed by atoms with Crippen molar-refractivity contribution in [2.75, 3.05) is 30.4 Å². The lowest BCUT2D eigenvalue weighted by Crippen LogP contribution is -2.43. The largest absolute Gasteiger partial charge is 0.507 e. The van der Waals surface area contributed by atoms with Crippen LogP contribution in [0.5, 0.6) is 17.2 Å². The molecule has 1 saturated heterocycles. The minimum atomic E-state index is -2.08. The second kappa shape index (κ2) is 17.9. The van der Waals surface area contributed by atoms with E-state index in [0.29, 0.717) is 31.6 Å². The third kappa shape index (κ3) is 8.40. The summed E-state index contributed by atoms with van der Waals surface area (Å²) in [6.45, 7) is 11.6. The van der Waals surface area contributed by atoms with Crippen LogP contribution < -0.4 is 20.4 Å². The SMILES string of the molecule is CO[C@H]1/C=C/O[C@@]2(C)Oc3c(C)c(O)c4c(=O)c(c5oc6cc(N7CCC(O)CC7)cc(O)c6nc-5c4c3C2=O)NC(=O)/C(C)=C\C=C\[C@H](C)[C@H](O)[C@@H](C)[C@@H](O)[C@@H](C)[C@H](OC(C)=O)C1. The summed E-state index contributed by atoms with van der Waals surface area (Å²) in [5.41, 5.74) is -0.962. The quantitative estimate of drug-likeness (QED) is 0.0860. The number of carbonyl (C=O) groups is 3. The predicted octanol–water partition coefficient (Wildman–Crippen LogP) is 5.37. The van der Waals surface area contributed by atoms with E-state index in [1.54, 1.807) is 39.0 Å². The van der Waals surface area contributed by atoms with Gasteiger partial charge in [-0.05, 0) is 32.8 Å². The summed E-state index contributed by atoms with van der Waals surface area (Å²) >= 11 is 0. The first-order valence-electron chi connectivity index (χ1n) is 21.3. The van der Waals surface area contributed by atoms with E-state index in [1.807, 2.05) is 4.90 Å². The Labute approximate surface area is 368 Å². The molecule has 0 spiro atoms. The van der Waals surface area contributed by atoms with Crippen LogP contribution in [-0.4, -0.2) is 105 Å². The zero-order valence-electron chi connectivity index (χ0n) is 37.0. The first kappa shape index (κ1) is 46.0. The number of phenols is 2. The molecule has 0 saturated carbocycles. The van der Waals surface area contributed by atoms with Crippen LogP contribution in [0.1, 0.15) is 76.7 Å². The molecule has 64 heavy (non-hydrogen) atoms. The zero-order chi connectivity index (χ0) is 46.5. The molecular formula is C47H55N3O14. The highest BCUT2D eigenvalue weighted by Crippen LogP contribution is 2.51. The third-order valence-electron chi connectivity index (χ3n) is 12.8. The average molecular weight is 886 g/mol. The van der Waals surface area contributed by atoms with Crippen molar-refractivity contribution >= 4 is 50.9 Å². The monoisotopic (exact) mass is 885 g/mol. The second-order valence-electron chi connectivity index (χ2n) is 17.3. The van der Waals surface area contributed by atoms with E-state index in [2.05, 4.69) is 5.32 Å². The summed E-state index contributed by atoms with van der Waals surface area (Å²) in [6, 6.07) is 3.11. The molecule has 5 aliphatic rings. The maximum atomic E-state index is 14.8. The first-order valence-corrected chi connectivity index (χ1v) is 21.3. The maximum absolute atomic E-state index is 14.8. The smallest absolute Gasteiger partial charge is 0.312 e. The number of aromatic hydroxyl groups is 2. The zero-order valence-corrected chi connectivity index (χ0v) is 37.0. The van der Waals surface area contributed by atoms with Crippen LogP contribution in [0, 0.1) is 24.7 Å². The second-order valence-corrected chi connectivity index (χ2v) is 17.3. The van der Waals surface area contributed by atoms with Gasteiger partial charge in [0.05, 0.1) is 41.6 Å². The molecule has 0 radical (unpaired) electrons. The van der Waals surface area contributed by atoms with Crippen LogP contribution in [0.15, 0.2) is 57.5 Å². The first-order chi connectivity index (χ1) is 30.3. The number of anilines is 2. The number of nitrogens with zero attached hydrogens (tertiary/aromatic N) is 2. The third-order valence-corrected chi connectivity index (χ3v) is 12.8. The number of rotatable bonds is 3. The number of carbonyl (C=O) groups excluding carboxylic acids is 3. The lowest BCUT2D eigenvalue weighted by atomic mass is 9.81. The fourth-order valence-electron chi connectivity index (χ4n) is 8.74. The number of nitrogens with one attached hydrogen (secondary N) is 1. The number of hydrogen-bond acceptors (Lipinski definition) is 16. The van der Waals surface area contributed by atoms with Crippen LogP contribution in [0.3, 0.4) is 0 Å². The van der Waals surface area contributed by atoms with Crippen molar-refractivity contribution < 1.29 is 63.3 Å². The van der Waals surface area contributed by atoms with Gasteiger partial charge < -0.3 is 59.1 Å². The summed E-state index contributed by atoms with van der Waals surface area (Å²) in [7, 11) is 1.42. The lowest BCUT2D eigenvalue weighted by molar-refractivity contribution is -0.155. The van der Waals surface area contributed by atoms with Gasteiger partial charge in [0.15, 0.2) is 11.3 Å². The van der Waals surface area contributed by atoms with Crippen LogP contribution in [0.2, 0.25) is 0 Å². The molecule has 4 bridgehead atoms. The highest BCUT2D eigenvalue weighted by molar-refractivity contribution is 6.22. The van der Waals surface area contributed by atoms with Crippen molar-refractivity contribution in [1.29, 1.82) is 0 Å². The molecular weight excluding hydrogens is 831 g/mol. The summed E-state index contributed by atoms with van der Waals surface area (Å²) in [6.07, 6.45) is 4.03. The molecule has 1 fully saturated rings. The van der Waals surface area contributed by atoms with Gasteiger partial charge in [0.1, 0.15) is 40.3 Å². The Morgan fingerprint density at radius 3 is 2.36 bits per heavy atom. The molecule has 6 N–H and O–H groups in total. The number of phenolic OH excluding ortho intramolecular Hbond substituents is 2. The van der Waals surface area contributed by atoms with Gasteiger partial charge in [-0.25, -0.2) is 4.98 Å². The topological polar surface area (TPSA) is 248 Å². The summed E-state index contributed by atoms with van der Waals surface area (Å²) < 4.78 is 29.9. The van der Waals surface area contributed by atoms with Crippen molar-refractivity contribution in [1.82, 2.24) is 4.98 Å². The molecule has 2 aromatic rings. The van der Waals surface area contributed by atoms with E-state index in [1.165, 1.54) is 59.3 Å². The molecule has 17 heteroatoms. The average Bonchev–Trinajstić information content (AvgIpc) is 3.52. The number of benzene rings is 3. The number of aliphatic hydroxyl groups is 3. The number of aromatic nitrogens is 1. The Bertz CT molecular complexity index is 2630. The normalized spacial score (nSPS) is 29.3. The Morgan fingerprint density at radius 2 is 1.69 bits per heavy atom. The van der Waals surface area contributed by atoms with Crippen LogP contribution in [0.4, 0.5) is 11.4 Å². The van der Waals surface area contributed by atoms with E-state index < -0.39 is 88.6 Å². The van der Waals surface area contributed by atoms with Gasteiger partial charge in [-0.1, -0.05) is 39.0 Å². The summed E-state index contributed by atoms with van der Waals surface area (Å²) in [5, 5.41) is 58.2. The number of Topliss-reactive ketones (excluding diaryl/α,β-unsaturated/α-hetero) is 1. The Hall–Kier alpha value is -6.01. The molecule has 17 nitrogen and oxygen atoms in total. The number of hydrogen-bond donors (Lipinski definition) is 6. The van der Waals surface area contributed by atoms with Crippen LogP contribution in [0.25, 0.3) is 33.3 Å². The van der Waals surface area contributed by atoms with E-state index in [0.717, 1.165) is 0 Å². The van der Waals surface area contributed by atoms with Crippen molar-refractivity contribution in [3.8, 4) is 28.7 Å². The van der Waals surface area contributed by atoms with Gasteiger partial charge in [-0.2, -0.15) is 0 Å². The highest BCUT2D eigenvalue weighted by Gasteiger charge is 2.50. The number of methoxy groups -OCH3 is 1. The van der Waals surface area contributed by atoms with E-state index in [4.69, 9.17) is 28.3 Å². The summed E-state index contributed by atoms with van der Waals surface area (Å²) in [5.74, 6) is -7.35. The highest BCUT2D eigenvalue weighted by atomic mass is 16.7. The van der Waals surface area contributed by atoms with Crippen molar-refractivity contribution in [3.05, 3.63) is 69.6 Å². The molecule has 1 amide bonds. The number of fused-ring (bicyclic) bond motifs is 2. The van der Waals surface area contributed by atoms with Gasteiger partial charge in [-0.15, -0.1) is 0 Å². The number of allylic oxidation sites excluding steroid dienone is 2. The molecule has 4 aliphatic heterocycles. The number of ketones is 1. The molecule has 2 aromatic carbocycles. The number of amides is 1. The van der Waals surface area contributed by atoms with Crippen LogP contribution in [-0.2, 0) is 23.8 Å². The fourth-order valence-corrected chi connectivity index (χ4v) is 8.74. The standard InChI is InChI=1S/C47H55N3O14/c1-21-10-9-11-22(2)46(59)49-38-42(57)34-33(37-44(38)63-32-19-27(18-30(53)36(32)48-37)50-15-12-28(52)13-16-50)35-43(25(5)41(34)56)64-47(7,45(35)58)61-17-14-29(60-8)20-31(62-26(6)51)23(3)40(55)24(4)39(21)54/h9-11,14,17-19,21,23-24,28-29,31,39-40,52-56H,12-13,15-16,20H2,1-8H3,(H,49,59)/b10-9+,17-14+,22-11-/t21-,23-,24+,29-,31+,39-,40-,47-/m0/s1. The van der Waals surface area contributed by atoms with Gasteiger partial charge >= 0.3 is 11.8 Å². The molecule has 0 unspecified atom stereocenters. The molecule has 0 aromatic heterocycles. The van der Waals surface area contributed by atoms with Gasteiger partial charge in [0.2, 0.25) is 5.43 Å². The van der Waals surface area contributed by atoms with E-state index in [9.17, 15) is 44.7 Å². The molecule has 1 aliphatic carbocycles. The lowest BCUT2D eigenvalue weighted by Gasteiger charge is -2.35. The van der Waals surface area contributed by atoms with Crippen LogP contribution >= 0.6 is 0 Å². The minimum absolute atomic E-state index is 0.0153. The van der Waals surface area contributed by atoms with Crippen molar-refractivity contribution in [2.45, 2.75) is 104 Å². The number of ether oxygens (including phenoxy) is 4. The van der Waals surface area contributed by atoms with E-state index >= 15 is 0 Å². The molecule has 8 atom stereocenters. The number of aliphatic hydroxyl groups excluding tert-OH is 3. The predicted molar refractivity (Wildman–Crippen MR) is 236 cm³/mol. The molecule has 4 heterocycles. The fraction of sp³-hybridized carbons (Fsp3) is 0.468. The van der Waals surface area contributed by atoms with Gasteiger partial charge in [0.25, 0.3) is 11.7 Å². The van der Waals surface area contributed by atoms with Crippen molar-refractivity contribution in [2.24, 2.45) is 17.8 Å². The Balaban J connectivity index is 1.44. The summed E-state index contributed by atoms with van der Waals surface area (Å²) in [4.78, 5) is 62.4. The van der Waals surface area contributed by atoms with Crippen molar-refractivity contribution in [3.63, 3.8) is 0 Å². The van der Waals surface area contributed by atoms with Gasteiger partial charge in [-0.3, -0.25) is 19.2 Å². The Kier molecular flexibility index (Phi) is 12.8.